The zero-order valence-corrected chi connectivity index (χ0v) is 18.7. The van der Waals surface area contributed by atoms with Crippen molar-refractivity contribution in [2.24, 2.45) is 0 Å². The summed E-state index contributed by atoms with van der Waals surface area (Å²) in [6.07, 6.45) is 6.56. The van der Waals surface area contributed by atoms with Crippen molar-refractivity contribution in [2.75, 3.05) is 19.8 Å². The fourth-order valence-corrected chi connectivity index (χ4v) is 3.48. The number of pyridine rings is 1. The number of benzene rings is 1. The molecule has 0 radical (unpaired) electrons. The molecular formula is C23H23Cl2NO6. The molecule has 7 nitrogen and oxygen atoms in total. The highest BCUT2D eigenvalue weighted by atomic mass is 35.5. The highest BCUT2D eigenvalue weighted by Crippen LogP contribution is 2.27. The Hall–Kier alpha value is -2.74. The number of carbonyl (C=O) groups is 1. The van der Waals surface area contributed by atoms with Crippen LogP contribution in [0.3, 0.4) is 0 Å². The highest BCUT2D eigenvalue weighted by molar-refractivity contribution is 6.35. The van der Waals surface area contributed by atoms with Crippen LogP contribution in [0.5, 0.6) is 11.6 Å². The van der Waals surface area contributed by atoms with Crippen molar-refractivity contribution in [3.05, 3.63) is 76.3 Å². The van der Waals surface area contributed by atoms with Crippen LogP contribution in [0.1, 0.15) is 29.0 Å². The van der Waals surface area contributed by atoms with E-state index in [0.29, 0.717) is 41.0 Å². The Labute approximate surface area is 195 Å². The van der Waals surface area contributed by atoms with E-state index in [-0.39, 0.29) is 5.76 Å². The van der Waals surface area contributed by atoms with Crippen LogP contribution >= 0.6 is 23.2 Å². The number of aromatic carboxylic acids is 1. The van der Waals surface area contributed by atoms with E-state index in [9.17, 15) is 4.79 Å². The van der Waals surface area contributed by atoms with E-state index in [1.165, 1.54) is 24.0 Å². The first kappa shape index (κ1) is 23.9. The molecule has 0 bridgehead atoms. The average Bonchev–Trinajstić information content (AvgIpc) is 3.48. The van der Waals surface area contributed by atoms with Crippen LogP contribution in [0, 0.1) is 0 Å². The summed E-state index contributed by atoms with van der Waals surface area (Å²) in [6.45, 7) is 1.62. The lowest BCUT2D eigenvalue weighted by Crippen LogP contribution is -2.11. The van der Waals surface area contributed by atoms with Crippen LogP contribution in [0.25, 0.3) is 0 Å². The molecule has 3 heterocycles. The summed E-state index contributed by atoms with van der Waals surface area (Å²) in [5, 5.41) is 9.24. The van der Waals surface area contributed by atoms with E-state index < -0.39 is 5.97 Å². The van der Waals surface area contributed by atoms with Gasteiger partial charge in [-0.25, -0.2) is 9.78 Å². The van der Waals surface area contributed by atoms with Crippen LogP contribution in [0.15, 0.2) is 59.3 Å². The molecule has 170 valence electrons. The van der Waals surface area contributed by atoms with Gasteiger partial charge in [-0.15, -0.1) is 0 Å². The molecule has 9 heteroatoms. The molecule has 1 fully saturated rings. The number of furan rings is 1. The summed E-state index contributed by atoms with van der Waals surface area (Å²) in [6, 6.07) is 12.0. The zero-order valence-electron chi connectivity index (χ0n) is 17.2. The second kappa shape index (κ2) is 12.3. The molecule has 1 atom stereocenters. The van der Waals surface area contributed by atoms with Crippen molar-refractivity contribution in [2.45, 2.75) is 25.4 Å². The van der Waals surface area contributed by atoms with Gasteiger partial charge in [0.15, 0.2) is 0 Å². The molecular weight excluding hydrogens is 457 g/mol. The van der Waals surface area contributed by atoms with Crippen molar-refractivity contribution < 1.29 is 28.5 Å². The average molecular weight is 480 g/mol. The minimum absolute atomic E-state index is 0.0231. The third-order valence-electron chi connectivity index (χ3n) is 4.50. The summed E-state index contributed by atoms with van der Waals surface area (Å²) in [5.74, 6) is 0.126. The molecule has 3 aromatic rings. The van der Waals surface area contributed by atoms with Crippen LogP contribution in [0.2, 0.25) is 10.0 Å². The summed E-state index contributed by atoms with van der Waals surface area (Å²) in [5.41, 5.74) is 1.17. The molecule has 1 unspecified atom stereocenters. The standard InChI is InChI=1S/C18H19Cl2NO3.C5H4O3/c19-14-3-4-17(16(20)12-14)23-8-9-24-18-11-13(5-6-21-18)10-15-2-1-7-22-15;6-5(7)4-2-1-3-8-4/h3-6,11-12,15H,1-2,7-10H2;1-3H,(H,6,7). The molecule has 32 heavy (non-hydrogen) atoms. The third-order valence-corrected chi connectivity index (χ3v) is 5.03. The van der Waals surface area contributed by atoms with Crippen molar-refractivity contribution in [3.63, 3.8) is 0 Å². The monoisotopic (exact) mass is 479 g/mol. The molecule has 1 aliphatic rings. The van der Waals surface area contributed by atoms with Gasteiger partial charge in [-0.1, -0.05) is 23.2 Å². The third kappa shape index (κ3) is 7.75. The minimum atomic E-state index is -1.03. The number of carboxylic acids is 1. The summed E-state index contributed by atoms with van der Waals surface area (Å²) < 4.78 is 21.4. The van der Waals surface area contributed by atoms with Gasteiger partial charge in [0.2, 0.25) is 11.6 Å². The largest absolute Gasteiger partial charge is 0.488 e. The van der Waals surface area contributed by atoms with Crippen LogP contribution in [0.4, 0.5) is 0 Å². The number of nitrogens with zero attached hydrogens (tertiary/aromatic N) is 1. The Kier molecular flexibility index (Phi) is 9.22. The second-order valence-electron chi connectivity index (χ2n) is 6.90. The van der Waals surface area contributed by atoms with Crippen LogP contribution in [-0.4, -0.2) is 42.0 Å². The van der Waals surface area contributed by atoms with Crippen LogP contribution < -0.4 is 9.47 Å². The Bertz CT molecular complexity index is 990. The van der Waals surface area contributed by atoms with Gasteiger partial charge in [0, 0.05) is 23.9 Å². The van der Waals surface area contributed by atoms with Gasteiger partial charge in [-0.2, -0.15) is 0 Å². The molecule has 1 aliphatic heterocycles. The second-order valence-corrected chi connectivity index (χ2v) is 7.74. The molecule has 1 saturated heterocycles. The lowest BCUT2D eigenvalue weighted by molar-refractivity contribution is 0.0662. The fraction of sp³-hybridized carbons (Fsp3) is 0.304. The van der Waals surface area contributed by atoms with Gasteiger partial charge in [0.25, 0.3) is 0 Å². The fourth-order valence-electron chi connectivity index (χ4n) is 3.01. The number of halogens is 2. The van der Waals surface area contributed by atoms with Crippen molar-refractivity contribution in [3.8, 4) is 11.6 Å². The van der Waals surface area contributed by atoms with Crippen molar-refractivity contribution >= 4 is 29.2 Å². The van der Waals surface area contributed by atoms with E-state index in [0.717, 1.165) is 25.9 Å². The molecule has 0 aliphatic carbocycles. The topological polar surface area (TPSA) is 91.0 Å². The maximum atomic E-state index is 9.97. The quantitative estimate of drug-likeness (QED) is 0.423. The molecule has 0 spiro atoms. The summed E-state index contributed by atoms with van der Waals surface area (Å²) in [7, 11) is 0. The van der Waals surface area contributed by atoms with Crippen molar-refractivity contribution in [1.29, 1.82) is 0 Å². The highest BCUT2D eigenvalue weighted by Gasteiger charge is 2.16. The lowest BCUT2D eigenvalue weighted by Gasteiger charge is -2.11. The molecule has 1 N–H and O–H groups in total. The van der Waals surface area contributed by atoms with E-state index in [2.05, 4.69) is 9.40 Å². The number of rotatable bonds is 8. The number of hydrogen-bond donors (Lipinski definition) is 1. The van der Waals surface area contributed by atoms with E-state index in [1.54, 1.807) is 24.4 Å². The molecule has 1 aromatic carbocycles. The zero-order chi connectivity index (χ0) is 22.8. The van der Waals surface area contributed by atoms with E-state index in [4.69, 9.17) is 42.5 Å². The number of carboxylic acid groups (broad SMARTS) is 1. The van der Waals surface area contributed by atoms with Gasteiger partial charge in [-0.05, 0) is 61.2 Å². The van der Waals surface area contributed by atoms with E-state index >= 15 is 0 Å². The Balaban J connectivity index is 0.000000305. The van der Waals surface area contributed by atoms with Gasteiger partial charge in [-0.3, -0.25) is 0 Å². The summed E-state index contributed by atoms with van der Waals surface area (Å²) >= 11 is 11.9. The van der Waals surface area contributed by atoms with Crippen LogP contribution in [-0.2, 0) is 11.2 Å². The first-order chi connectivity index (χ1) is 15.5. The smallest absolute Gasteiger partial charge is 0.371 e. The van der Waals surface area contributed by atoms with Gasteiger partial charge in [0.1, 0.15) is 19.0 Å². The van der Waals surface area contributed by atoms with Gasteiger partial charge in [0.05, 0.1) is 17.4 Å². The first-order valence-electron chi connectivity index (χ1n) is 10.1. The molecule has 2 aromatic heterocycles. The predicted octanol–water partition coefficient (Wildman–Crippen LogP) is 5.55. The summed E-state index contributed by atoms with van der Waals surface area (Å²) in [4.78, 5) is 14.2. The van der Waals surface area contributed by atoms with Gasteiger partial charge < -0.3 is 23.7 Å². The lowest BCUT2D eigenvalue weighted by atomic mass is 10.1. The SMILES string of the molecule is Clc1ccc(OCCOc2cc(CC3CCCO3)ccn2)c(Cl)c1.O=C(O)c1ccco1. The predicted molar refractivity (Wildman–Crippen MR) is 120 cm³/mol. The molecule has 0 saturated carbocycles. The van der Waals surface area contributed by atoms with E-state index in [1.807, 2.05) is 12.1 Å². The van der Waals surface area contributed by atoms with Gasteiger partial charge >= 0.3 is 5.97 Å². The molecule has 4 rings (SSSR count). The molecule has 0 amide bonds. The minimum Gasteiger partial charge on any atom is -0.488 e. The first-order valence-corrected chi connectivity index (χ1v) is 10.8. The maximum absolute atomic E-state index is 9.97. The normalized spacial score (nSPS) is 15.0. The Morgan fingerprint density at radius 1 is 1.16 bits per heavy atom. The van der Waals surface area contributed by atoms with Crippen molar-refractivity contribution in [1.82, 2.24) is 4.98 Å². The Morgan fingerprint density at radius 2 is 2.00 bits per heavy atom. The maximum Gasteiger partial charge on any atom is 0.371 e. The number of aromatic nitrogens is 1. The Morgan fingerprint density at radius 3 is 2.66 bits per heavy atom. The number of ether oxygens (including phenoxy) is 3. The number of hydrogen-bond acceptors (Lipinski definition) is 6.